The summed E-state index contributed by atoms with van der Waals surface area (Å²) in [7, 11) is 0. The van der Waals surface area contributed by atoms with Crippen LogP contribution in [-0.4, -0.2) is 35.1 Å². The molecule has 112 valence electrons. The number of carbonyl (C=O) groups is 1. The second-order valence-corrected chi connectivity index (χ2v) is 6.17. The highest BCUT2D eigenvalue weighted by molar-refractivity contribution is 5.82. The number of nitrogens with one attached hydrogen (secondary N) is 2. The fourth-order valence-corrected chi connectivity index (χ4v) is 2.76. The normalized spacial score (nSPS) is 19.8. The molecule has 1 aromatic heterocycles. The Bertz CT molecular complexity index is 408. The molecule has 1 saturated heterocycles. The first-order valence-corrected chi connectivity index (χ1v) is 7.55. The van der Waals surface area contributed by atoms with Crippen molar-refractivity contribution in [3.05, 3.63) is 18.7 Å². The lowest BCUT2D eigenvalue weighted by molar-refractivity contribution is -0.132. The Balaban J connectivity index is 1.72. The molecule has 1 atom stereocenters. The van der Waals surface area contributed by atoms with Crippen molar-refractivity contribution in [1.29, 1.82) is 0 Å². The number of imidazole rings is 1. The molecule has 1 aliphatic rings. The maximum Gasteiger partial charge on any atom is 0.225 e. The Hall–Kier alpha value is -1.36. The highest BCUT2D eigenvalue weighted by Crippen LogP contribution is 2.31. The maximum absolute atomic E-state index is 12.4. The number of hydrogen-bond acceptors (Lipinski definition) is 3. The van der Waals surface area contributed by atoms with Gasteiger partial charge >= 0.3 is 0 Å². The maximum atomic E-state index is 12.4. The second kappa shape index (κ2) is 6.88. The Morgan fingerprint density at radius 2 is 2.40 bits per heavy atom. The van der Waals surface area contributed by atoms with Crippen LogP contribution in [0.4, 0.5) is 0 Å². The summed E-state index contributed by atoms with van der Waals surface area (Å²) in [6, 6.07) is 0. The molecular formula is C15H26N4O. The van der Waals surface area contributed by atoms with Crippen LogP contribution < -0.4 is 10.6 Å². The highest BCUT2D eigenvalue weighted by Gasteiger charge is 2.36. The molecule has 0 aliphatic carbocycles. The lowest BCUT2D eigenvalue weighted by Crippen LogP contribution is -2.47. The third kappa shape index (κ3) is 3.82. The van der Waals surface area contributed by atoms with Crippen molar-refractivity contribution >= 4 is 5.91 Å². The van der Waals surface area contributed by atoms with Gasteiger partial charge in [0, 0.05) is 30.9 Å². The SMILES string of the molecule is CC(C)(C(=O)NCCCn1ccnc1)C1CCCNC1. The summed E-state index contributed by atoms with van der Waals surface area (Å²) < 4.78 is 2.03. The van der Waals surface area contributed by atoms with E-state index in [1.807, 2.05) is 10.8 Å². The van der Waals surface area contributed by atoms with Crippen LogP contribution in [0.3, 0.4) is 0 Å². The van der Waals surface area contributed by atoms with Gasteiger partial charge in [0.2, 0.25) is 5.91 Å². The topological polar surface area (TPSA) is 59.0 Å². The van der Waals surface area contributed by atoms with Crippen LogP contribution in [0.15, 0.2) is 18.7 Å². The molecule has 5 nitrogen and oxygen atoms in total. The van der Waals surface area contributed by atoms with E-state index in [4.69, 9.17) is 0 Å². The highest BCUT2D eigenvalue weighted by atomic mass is 16.2. The van der Waals surface area contributed by atoms with E-state index < -0.39 is 0 Å². The molecule has 0 saturated carbocycles. The molecule has 2 N–H and O–H groups in total. The van der Waals surface area contributed by atoms with Gasteiger partial charge in [-0.25, -0.2) is 4.98 Å². The zero-order valence-electron chi connectivity index (χ0n) is 12.6. The first-order chi connectivity index (χ1) is 9.60. The quantitative estimate of drug-likeness (QED) is 0.774. The number of nitrogens with zero attached hydrogens (tertiary/aromatic N) is 2. The van der Waals surface area contributed by atoms with Crippen LogP contribution in [0, 0.1) is 11.3 Å². The van der Waals surface area contributed by atoms with Crippen molar-refractivity contribution < 1.29 is 4.79 Å². The number of hydrogen-bond donors (Lipinski definition) is 2. The summed E-state index contributed by atoms with van der Waals surface area (Å²) in [5.74, 6) is 0.613. The molecule has 0 aromatic carbocycles. The lowest BCUT2D eigenvalue weighted by atomic mass is 9.74. The Morgan fingerprint density at radius 3 is 3.05 bits per heavy atom. The summed E-state index contributed by atoms with van der Waals surface area (Å²) >= 11 is 0. The van der Waals surface area contributed by atoms with Crippen LogP contribution in [0.25, 0.3) is 0 Å². The summed E-state index contributed by atoms with van der Waals surface area (Å²) in [5.41, 5.74) is -0.289. The molecule has 1 fully saturated rings. The molecule has 0 bridgehead atoms. The molecule has 1 aliphatic heterocycles. The van der Waals surface area contributed by atoms with E-state index in [1.165, 1.54) is 6.42 Å². The van der Waals surface area contributed by atoms with Gasteiger partial charge in [0.05, 0.1) is 6.33 Å². The Kier molecular flexibility index (Phi) is 5.17. The molecular weight excluding hydrogens is 252 g/mol. The van der Waals surface area contributed by atoms with Crippen LogP contribution in [-0.2, 0) is 11.3 Å². The van der Waals surface area contributed by atoms with Crippen LogP contribution in [0.2, 0.25) is 0 Å². The van der Waals surface area contributed by atoms with Gasteiger partial charge in [0.15, 0.2) is 0 Å². The first-order valence-electron chi connectivity index (χ1n) is 7.55. The minimum atomic E-state index is -0.289. The van der Waals surface area contributed by atoms with Gasteiger partial charge < -0.3 is 15.2 Å². The van der Waals surface area contributed by atoms with E-state index >= 15 is 0 Å². The van der Waals surface area contributed by atoms with Gasteiger partial charge in [-0.2, -0.15) is 0 Å². The lowest BCUT2D eigenvalue weighted by Gasteiger charge is -2.36. The first kappa shape index (κ1) is 15.0. The third-order valence-corrected chi connectivity index (χ3v) is 4.34. The van der Waals surface area contributed by atoms with E-state index in [0.717, 1.165) is 39.0 Å². The average Bonchev–Trinajstić information content (AvgIpc) is 2.97. The fraction of sp³-hybridized carbons (Fsp3) is 0.733. The Labute approximate surface area is 121 Å². The molecule has 0 spiro atoms. The van der Waals surface area contributed by atoms with Crippen molar-refractivity contribution in [3.8, 4) is 0 Å². The van der Waals surface area contributed by atoms with Crippen molar-refractivity contribution in [3.63, 3.8) is 0 Å². The van der Waals surface area contributed by atoms with Crippen LogP contribution in [0.5, 0.6) is 0 Å². The van der Waals surface area contributed by atoms with Crippen molar-refractivity contribution in [2.75, 3.05) is 19.6 Å². The van der Waals surface area contributed by atoms with E-state index in [-0.39, 0.29) is 11.3 Å². The predicted molar refractivity (Wildman–Crippen MR) is 79.2 cm³/mol. The van der Waals surface area contributed by atoms with E-state index in [2.05, 4.69) is 29.5 Å². The van der Waals surface area contributed by atoms with Gasteiger partial charge in [-0.1, -0.05) is 13.8 Å². The smallest absolute Gasteiger partial charge is 0.225 e. The van der Waals surface area contributed by atoms with Crippen LogP contribution >= 0.6 is 0 Å². The number of rotatable bonds is 6. The second-order valence-electron chi connectivity index (χ2n) is 6.17. The summed E-state index contributed by atoms with van der Waals surface area (Å²) in [6.07, 6.45) is 8.77. The standard InChI is InChI=1S/C15H26N4O/c1-15(2,13-5-3-6-16-11-13)14(20)18-7-4-9-19-10-8-17-12-19/h8,10,12-13,16H,3-7,9,11H2,1-2H3,(H,18,20). The molecule has 20 heavy (non-hydrogen) atoms. The molecule has 1 amide bonds. The number of aromatic nitrogens is 2. The van der Waals surface area contributed by atoms with Gasteiger partial charge in [0.25, 0.3) is 0 Å². The molecule has 1 unspecified atom stereocenters. The van der Waals surface area contributed by atoms with Crippen molar-refractivity contribution in [2.45, 2.75) is 39.7 Å². The van der Waals surface area contributed by atoms with Crippen LogP contribution in [0.1, 0.15) is 33.1 Å². The van der Waals surface area contributed by atoms with E-state index in [9.17, 15) is 4.79 Å². The minimum Gasteiger partial charge on any atom is -0.356 e. The Morgan fingerprint density at radius 1 is 1.55 bits per heavy atom. The molecule has 2 rings (SSSR count). The molecule has 1 aromatic rings. The van der Waals surface area contributed by atoms with Crippen molar-refractivity contribution in [1.82, 2.24) is 20.2 Å². The van der Waals surface area contributed by atoms with Gasteiger partial charge in [0.1, 0.15) is 0 Å². The fourth-order valence-electron chi connectivity index (χ4n) is 2.76. The third-order valence-electron chi connectivity index (χ3n) is 4.34. The average molecular weight is 278 g/mol. The zero-order valence-corrected chi connectivity index (χ0v) is 12.6. The van der Waals surface area contributed by atoms with Gasteiger partial charge in [-0.15, -0.1) is 0 Å². The van der Waals surface area contributed by atoms with Gasteiger partial charge in [-0.05, 0) is 38.3 Å². The molecule has 5 heteroatoms. The number of piperidine rings is 1. The minimum absolute atomic E-state index is 0.178. The summed E-state index contributed by atoms with van der Waals surface area (Å²) in [6.45, 7) is 7.78. The predicted octanol–water partition coefficient (Wildman–Crippen LogP) is 1.42. The summed E-state index contributed by atoms with van der Waals surface area (Å²) in [5, 5.41) is 6.47. The number of amides is 1. The molecule has 2 heterocycles. The number of aryl methyl sites for hydroxylation is 1. The van der Waals surface area contributed by atoms with E-state index in [0.29, 0.717) is 5.92 Å². The number of carbonyl (C=O) groups excluding carboxylic acids is 1. The zero-order chi connectivity index (χ0) is 14.4. The van der Waals surface area contributed by atoms with Gasteiger partial charge in [-0.3, -0.25) is 4.79 Å². The van der Waals surface area contributed by atoms with Crippen molar-refractivity contribution in [2.24, 2.45) is 11.3 Å². The monoisotopic (exact) mass is 278 g/mol. The van der Waals surface area contributed by atoms with E-state index in [1.54, 1.807) is 12.5 Å². The summed E-state index contributed by atoms with van der Waals surface area (Å²) in [4.78, 5) is 16.4. The largest absolute Gasteiger partial charge is 0.356 e. The molecule has 0 radical (unpaired) electrons.